The van der Waals surface area contributed by atoms with Crippen LogP contribution in [0.1, 0.15) is 5.82 Å². The highest BCUT2D eigenvalue weighted by Crippen LogP contribution is 2.20. The quantitative estimate of drug-likeness (QED) is 0.598. The second kappa shape index (κ2) is 3.97. The van der Waals surface area contributed by atoms with E-state index in [0.717, 1.165) is 11.3 Å². The topological polar surface area (TPSA) is 17.3 Å². The van der Waals surface area contributed by atoms with Crippen LogP contribution in [-0.4, -0.2) is 9.38 Å². The molecule has 2 nitrogen and oxygen atoms in total. The summed E-state index contributed by atoms with van der Waals surface area (Å²) < 4.78 is 2.12. The van der Waals surface area contributed by atoms with Gasteiger partial charge in [0, 0.05) is 6.20 Å². The number of nitrogens with zero attached hydrogens (tertiary/aromatic N) is 2. The minimum atomic E-state index is 1.02. The molecule has 3 rings (SSSR count). The number of rotatable bonds is 1. The van der Waals surface area contributed by atoms with E-state index >= 15 is 0 Å². The fourth-order valence-electron chi connectivity index (χ4n) is 2.04. The van der Waals surface area contributed by atoms with Crippen LogP contribution in [0.4, 0.5) is 0 Å². The number of aromatic nitrogens is 2. The first-order valence-electron chi connectivity index (χ1n) is 5.54. The average Bonchev–Trinajstić information content (AvgIpc) is 2.71. The number of fused-ring (bicyclic) bond motifs is 1. The fraction of sp³-hybridized carbons (Fsp3) is 0.0714. The summed E-state index contributed by atoms with van der Waals surface area (Å²) in [7, 11) is 2.78. The fourth-order valence-corrected chi connectivity index (χ4v) is 2.41. The van der Waals surface area contributed by atoms with Gasteiger partial charge in [0.1, 0.15) is 5.82 Å². The average molecular weight is 240 g/mol. The Hall–Kier alpha value is -1.66. The lowest BCUT2D eigenvalue weighted by molar-refractivity contribution is 1.05. The molecule has 17 heavy (non-hydrogen) atoms. The van der Waals surface area contributed by atoms with Crippen LogP contribution in [-0.2, 0) is 0 Å². The van der Waals surface area contributed by atoms with Crippen LogP contribution in [0.2, 0.25) is 0 Å². The van der Waals surface area contributed by atoms with Gasteiger partial charge in [-0.15, -0.1) is 9.24 Å². The molecule has 0 saturated carbocycles. The summed E-state index contributed by atoms with van der Waals surface area (Å²) in [4.78, 5) is 4.31. The summed E-state index contributed by atoms with van der Waals surface area (Å²) in [6.07, 6.45) is 4.03. The first-order valence-corrected chi connectivity index (χ1v) is 6.12. The summed E-state index contributed by atoms with van der Waals surface area (Å²) >= 11 is 0. The number of hydrogen-bond donors (Lipinski definition) is 0. The molecule has 1 unspecified atom stereocenters. The van der Waals surface area contributed by atoms with E-state index in [9.17, 15) is 0 Å². The Kier molecular flexibility index (Phi) is 2.45. The van der Waals surface area contributed by atoms with E-state index in [1.54, 1.807) is 0 Å². The number of pyridine rings is 1. The lowest BCUT2D eigenvalue weighted by atomic mass is 10.1. The molecule has 0 aliphatic carbocycles. The lowest BCUT2D eigenvalue weighted by Gasteiger charge is -2.06. The normalized spacial score (nSPS) is 10.9. The maximum atomic E-state index is 4.31. The van der Waals surface area contributed by atoms with Crippen molar-refractivity contribution in [3.05, 3.63) is 54.6 Å². The molecule has 1 atom stereocenters. The van der Waals surface area contributed by atoms with Crippen molar-refractivity contribution < 1.29 is 0 Å². The van der Waals surface area contributed by atoms with E-state index in [2.05, 4.69) is 55.2 Å². The van der Waals surface area contributed by atoms with Crippen molar-refractivity contribution in [1.82, 2.24) is 9.38 Å². The van der Waals surface area contributed by atoms with Crippen LogP contribution in [0.5, 0.6) is 0 Å². The first-order chi connectivity index (χ1) is 8.25. The van der Waals surface area contributed by atoms with Gasteiger partial charge < -0.3 is 4.40 Å². The zero-order valence-corrected chi connectivity index (χ0v) is 10.7. The zero-order valence-electron chi connectivity index (χ0n) is 9.59. The van der Waals surface area contributed by atoms with Crippen molar-refractivity contribution in [2.75, 3.05) is 0 Å². The number of hydrogen-bond acceptors (Lipinski definition) is 1. The van der Waals surface area contributed by atoms with Crippen molar-refractivity contribution in [3.63, 3.8) is 0 Å². The van der Waals surface area contributed by atoms with Gasteiger partial charge in [-0.1, -0.05) is 30.3 Å². The monoisotopic (exact) mass is 240 g/mol. The van der Waals surface area contributed by atoms with Gasteiger partial charge in [0.05, 0.1) is 11.7 Å². The van der Waals surface area contributed by atoms with Gasteiger partial charge in [-0.25, -0.2) is 4.98 Å². The third-order valence-electron chi connectivity index (χ3n) is 2.98. The molecular formula is C14H13N2P. The summed E-state index contributed by atoms with van der Waals surface area (Å²) in [6, 6.07) is 12.6. The second-order valence-electron chi connectivity index (χ2n) is 4.11. The molecule has 0 saturated heterocycles. The lowest BCUT2D eigenvalue weighted by Crippen LogP contribution is -1.97. The minimum Gasteiger partial charge on any atom is -0.303 e. The third-order valence-corrected chi connectivity index (χ3v) is 3.49. The zero-order chi connectivity index (χ0) is 11.8. The molecule has 0 amide bonds. The molecular weight excluding hydrogens is 227 g/mol. The van der Waals surface area contributed by atoms with E-state index < -0.39 is 0 Å². The molecule has 3 aromatic rings. The molecule has 0 radical (unpaired) electrons. The van der Waals surface area contributed by atoms with Gasteiger partial charge in [0.15, 0.2) is 0 Å². The van der Waals surface area contributed by atoms with Crippen LogP contribution < -0.4 is 5.30 Å². The molecule has 0 bridgehead atoms. The maximum absolute atomic E-state index is 4.31. The smallest absolute Gasteiger partial charge is 0.110 e. The molecule has 84 valence electrons. The second-order valence-corrected chi connectivity index (χ2v) is 4.73. The predicted octanol–water partition coefficient (Wildman–Crippen LogP) is 2.81. The van der Waals surface area contributed by atoms with Crippen LogP contribution >= 0.6 is 9.24 Å². The Morgan fingerprint density at radius 3 is 2.76 bits per heavy atom. The Morgan fingerprint density at radius 1 is 1.12 bits per heavy atom. The Morgan fingerprint density at radius 2 is 1.94 bits per heavy atom. The minimum absolute atomic E-state index is 1.02. The van der Waals surface area contributed by atoms with E-state index in [-0.39, 0.29) is 0 Å². The van der Waals surface area contributed by atoms with Crippen LogP contribution in [0, 0.1) is 6.92 Å². The van der Waals surface area contributed by atoms with E-state index in [1.165, 1.54) is 16.4 Å². The van der Waals surface area contributed by atoms with Gasteiger partial charge in [-0.05, 0) is 29.4 Å². The van der Waals surface area contributed by atoms with E-state index in [4.69, 9.17) is 0 Å². The first kappa shape index (κ1) is 10.5. The van der Waals surface area contributed by atoms with Gasteiger partial charge >= 0.3 is 0 Å². The van der Waals surface area contributed by atoms with Crippen LogP contribution in [0.25, 0.3) is 16.6 Å². The van der Waals surface area contributed by atoms with Gasteiger partial charge in [0.2, 0.25) is 0 Å². The largest absolute Gasteiger partial charge is 0.303 e. The summed E-state index contributed by atoms with van der Waals surface area (Å²) in [5.74, 6) is 1.02. The third kappa shape index (κ3) is 1.75. The highest BCUT2D eigenvalue weighted by Gasteiger charge is 2.04. The maximum Gasteiger partial charge on any atom is 0.110 e. The van der Waals surface area contributed by atoms with E-state index in [0.29, 0.717) is 0 Å². The Balaban J connectivity index is 2.24. The highest BCUT2D eigenvalue weighted by atomic mass is 31.0. The molecule has 3 heteroatoms. The molecule has 0 fully saturated rings. The van der Waals surface area contributed by atoms with Crippen molar-refractivity contribution in [2.24, 2.45) is 0 Å². The molecule has 0 aliphatic heterocycles. The van der Waals surface area contributed by atoms with Gasteiger partial charge in [0.25, 0.3) is 0 Å². The molecule has 0 aliphatic rings. The Labute approximate surface area is 103 Å². The molecule has 0 spiro atoms. The molecule has 2 aromatic heterocycles. The number of imidazole rings is 1. The van der Waals surface area contributed by atoms with Crippen molar-refractivity contribution >= 4 is 20.1 Å². The number of benzene rings is 1. The van der Waals surface area contributed by atoms with Crippen molar-refractivity contribution in [3.8, 4) is 11.1 Å². The van der Waals surface area contributed by atoms with Crippen LogP contribution in [0.3, 0.4) is 0 Å². The summed E-state index contributed by atoms with van der Waals surface area (Å²) in [5, 5.41) is 1.21. The number of aryl methyl sites for hydroxylation is 1. The predicted molar refractivity (Wildman–Crippen MR) is 74.7 cm³/mol. The summed E-state index contributed by atoms with van der Waals surface area (Å²) in [6.45, 7) is 2.02. The van der Waals surface area contributed by atoms with Gasteiger partial charge in [-0.2, -0.15) is 0 Å². The SMILES string of the molecule is Cc1ncc2ccc(-c3ccccc3P)cn12. The standard InChI is InChI=1S/C14H13N2P/c1-10-15-8-12-7-6-11(9-16(10)12)13-4-2-3-5-14(13)17/h2-9H,17H2,1H3. The van der Waals surface area contributed by atoms with Gasteiger partial charge in [-0.3, -0.25) is 0 Å². The Bertz CT molecular complexity index is 686. The van der Waals surface area contributed by atoms with Crippen molar-refractivity contribution in [2.45, 2.75) is 6.92 Å². The molecule has 1 aromatic carbocycles. The van der Waals surface area contributed by atoms with Crippen molar-refractivity contribution in [1.29, 1.82) is 0 Å². The van der Waals surface area contributed by atoms with E-state index in [1.807, 2.05) is 19.2 Å². The molecule has 2 heterocycles. The summed E-state index contributed by atoms with van der Waals surface area (Å²) in [5.41, 5.74) is 3.59. The highest BCUT2D eigenvalue weighted by molar-refractivity contribution is 7.28. The van der Waals surface area contributed by atoms with Crippen LogP contribution in [0.15, 0.2) is 48.8 Å². The molecule has 0 N–H and O–H groups in total.